The normalized spacial score (nSPS) is 33.9. The van der Waals surface area contributed by atoms with Crippen molar-refractivity contribution >= 4 is 0 Å². The molecular weight excluding hydrogens is 282 g/mol. The summed E-state index contributed by atoms with van der Waals surface area (Å²) in [7, 11) is 0. The van der Waals surface area contributed by atoms with Crippen LogP contribution in [0.25, 0.3) is 0 Å². The molecule has 1 spiro atoms. The van der Waals surface area contributed by atoms with E-state index in [9.17, 15) is 0 Å². The van der Waals surface area contributed by atoms with Crippen LogP contribution in [0.2, 0.25) is 0 Å². The molecule has 0 radical (unpaired) electrons. The molecule has 2 heteroatoms. The lowest BCUT2D eigenvalue weighted by Crippen LogP contribution is -2.57. The molecule has 1 aliphatic carbocycles. The monoisotopic (exact) mass is 311 g/mol. The molecule has 2 heterocycles. The SMILES string of the molecule is CC(C)(C)C1=C[C@@H](c2ccccc2)[C@@H]2CCCC[C@]23OCCN13. The Bertz CT molecular complexity index is 600. The van der Waals surface area contributed by atoms with Crippen LogP contribution in [-0.4, -0.2) is 23.8 Å². The van der Waals surface area contributed by atoms with Crippen molar-refractivity contribution in [1.29, 1.82) is 0 Å². The number of rotatable bonds is 1. The summed E-state index contributed by atoms with van der Waals surface area (Å²) in [6, 6.07) is 11.1. The quantitative estimate of drug-likeness (QED) is 0.729. The van der Waals surface area contributed by atoms with Gasteiger partial charge in [-0.2, -0.15) is 0 Å². The molecule has 0 unspecified atom stereocenters. The van der Waals surface area contributed by atoms with Gasteiger partial charge in [-0.1, -0.05) is 63.6 Å². The zero-order valence-electron chi connectivity index (χ0n) is 14.7. The number of benzene rings is 1. The highest BCUT2D eigenvalue weighted by Crippen LogP contribution is 2.55. The number of hydrogen-bond donors (Lipinski definition) is 0. The van der Waals surface area contributed by atoms with Gasteiger partial charge in [-0.25, -0.2) is 0 Å². The van der Waals surface area contributed by atoms with Gasteiger partial charge in [-0.05, 0) is 24.8 Å². The van der Waals surface area contributed by atoms with Gasteiger partial charge in [0.05, 0.1) is 6.61 Å². The Morgan fingerprint density at radius 2 is 1.91 bits per heavy atom. The molecule has 3 aliphatic rings. The first kappa shape index (κ1) is 15.3. The van der Waals surface area contributed by atoms with Crippen molar-refractivity contribution in [2.45, 2.75) is 58.1 Å². The summed E-state index contributed by atoms with van der Waals surface area (Å²) < 4.78 is 6.51. The van der Waals surface area contributed by atoms with Gasteiger partial charge >= 0.3 is 0 Å². The molecule has 2 fully saturated rings. The second-order valence-electron chi connectivity index (χ2n) is 8.44. The van der Waals surface area contributed by atoms with Gasteiger partial charge in [0.15, 0.2) is 0 Å². The van der Waals surface area contributed by atoms with Crippen molar-refractivity contribution in [2.75, 3.05) is 13.2 Å². The van der Waals surface area contributed by atoms with Crippen LogP contribution >= 0.6 is 0 Å². The molecule has 2 nitrogen and oxygen atoms in total. The zero-order valence-corrected chi connectivity index (χ0v) is 14.7. The van der Waals surface area contributed by atoms with Gasteiger partial charge in [-0.3, -0.25) is 0 Å². The molecule has 0 bridgehead atoms. The van der Waals surface area contributed by atoms with Gasteiger partial charge in [0.25, 0.3) is 0 Å². The lowest BCUT2D eigenvalue weighted by molar-refractivity contribution is -0.151. The Morgan fingerprint density at radius 3 is 2.65 bits per heavy atom. The van der Waals surface area contributed by atoms with Gasteiger partial charge in [0.2, 0.25) is 0 Å². The topological polar surface area (TPSA) is 12.5 Å². The third-order valence-electron chi connectivity index (χ3n) is 6.02. The summed E-state index contributed by atoms with van der Waals surface area (Å²) in [6.45, 7) is 8.97. The predicted octanol–water partition coefficient (Wildman–Crippen LogP) is 4.93. The molecule has 4 rings (SSSR count). The summed E-state index contributed by atoms with van der Waals surface area (Å²) in [6.07, 6.45) is 7.67. The fourth-order valence-electron chi connectivity index (χ4n) is 5.07. The Kier molecular flexibility index (Phi) is 3.57. The molecule has 124 valence electrons. The van der Waals surface area contributed by atoms with Crippen LogP contribution in [0.4, 0.5) is 0 Å². The van der Waals surface area contributed by atoms with Gasteiger partial charge in [-0.15, -0.1) is 0 Å². The van der Waals surface area contributed by atoms with Gasteiger partial charge < -0.3 is 9.64 Å². The molecule has 0 amide bonds. The Balaban J connectivity index is 1.86. The van der Waals surface area contributed by atoms with Gasteiger partial charge in [0.1, 0.15) is 5.72 Å². The fourth-order valence-corrected chi connectivity index (χ4v) is 5.07. The van der Waals surface area contributed by atoms with Crippen LogP contribution in [0.3, 0.4) is 0 Å². The summed E-state index contributed by atoms with van der Waals surface area (Å²) in [4.78, 5) is 2.64. The maximum atomic E-state index is 6.51. The van der Waals surface area contributed by atoms with E-state index in [1.54, 1.807) is 0 Å². The maximum Gasteiger partial charge on any atom is 0.144 e. The van der Waals surface area contributed by atoms with E-state index < -0.39 is 0 Å². The number of hydrogen-bond acceptors (Lipinski definition) is 2. The minimum Gasteiger partial charge on any atom is -0.353 e. The van der Waals surface area contributed by atoms with Crippen LogP contribution in [0.1, 0.15) is 57.9 Å². The van der Waals surface area contributed by atoms with Gasteiger partial charge in [0, 0.05) is 29.5 Å². The number of ether oxygens (including phenoxy) is 1. The first-order valence-electron chi connectivity index (χ1n) is 9.21. The summed E-state index contributed by atoms with van der Waals surface area (Å²) in [5, 5.41) is 0. The highest BCUT2D eigenvalue weighted by Gasteiger charge is 2.56. The van der Waals surface area contributed by atoms with Crippen molar-refractivity contribution in [1.82, 2.24) is 4.90 Å². The smallest absolute Gasteiger partial charge is 0.144 e. The van der Waals surface area contributed by atoms with Crippen LogP contribution in [-0.2, 0) is 4.74 Å². The Hall–Kier alpha value is -1.28. The Labute approximate surface area is 140 Å². The minimum atomic E-state index is -0.0455. The molecule has 1 saturated heterocycles. The Morgan fingerprint density at radius 1 is 1.13 bits per heavy atom. The molecule has 0 N–H and O–H groups in total. The van der Waals surface area contributed by atoms with Crippen LogP contribution in [0, 0.1) is 11.3 Å². The molecule has 1 aromatic carbocycles. The van der Waals surface area contributed by atoms with E-state index in [0.717, 1.165) is 13.2 Å². The van der Waals surface area contributed by atoms with Crippen LogP contribution in [0.5, 0.6) is 0 Å². The first-order valence-corrected chi connectivity index (χ1v) is 9.21. The van der Waals surface area contributed by atoms with E-state index in [0.29, 0.717) is 11.8 Å². The number of allylic oxidation sites excluding steroid dienone is 2. The molecule has 1 aromatic rings. The van der Waals surface area contributed by atoms with E-state index in [1.807, 2.05) is 0 Å². The van der Waals surface area contributed by atoms with Crippen molar-refractivity contribution in [3.63, 3.8) is 0 Å². The third-order valence-corrected chi connectivity index (χ3v) is 6.02. The molecular formula is C21H29NO. The second-order valence-corrected chi connectivity index (χ2v) is 8.44. The fraction of sp³-hybridized carbons (Fsp3) is 0.619. The lowest BCUT2D eigenvalue weighted by Gasteiger charge is -2.55. The van der Waals surface area contributed by atoms with Crippen molar-refractivity contribution in [3.8, 4) is 0 Å². The second kappa shape index (κ2) is 5.37. The minimum absolute atomic E-state index is 0.0455. The maximum absolute atomic E-state index is 6.51. The van der Waals surface area contributed by atoms with Crippen molar-refractivity contribution in [3.05, 3.63) is 47.7 Å². The first-order chi connectivity index (χ1) is 11.0. The van der Waals surface area contributed by atoms with E-state index in [4.69, 9.17) is 4.74 Å². The van der Waals surface area contributed by atoms with E-state index >= 15 is 0 Å². The molecule has 2 aliphatic heterocycles. The standard InChI is InChI=1S/C21H29NO/c1-20(2,3)19-15-17(16-9-5-4-6-10-16)18-11-7-8-12-21(18)22(19)13-14-23-21/h4-6,9-10,15,17-18H,7-8,11-14H2,1-3H3/t17-,18-,21-/m0/s1. The van der Waals surface area contributed by atoms with Crippen LogP contribution < -0.4 is 0 Å². The molecule has 3 atom stereocenters. The molecule has 0 aromatic heterocycles. The lowest BCUT2D eigenvalue weighted by atomic mass is 9.66. The molecule has 23 heavy (non-hydrogen) atoms. The summed E-state index contributed by atoms with van der Waals surface area (Å²) in [5.41, 5.74) is 3.06. The molecule has 1 saturated carbocycles. The highest BCUT2D eigenvalue weighted by atomic mass is 16.5. The highest BCUT2D eigenvalue weighted by molar-refractivity contribution is 5.33. The van der Waals surface area contributed by atoms with E-state index in [1.165, 1.54) is 36.9 Å². The zero-order chi connectivity index (χ0) is 16.1. The summed E-state index contributed by atoms with van der Waals surface area (Å²) >= 11 is 0. The third kappa shape index (κ3) is 2.34. The van der Waals surface area contributed by atoms with Crippen molar-refractivity contribution in [2.24, 2.45) is 11.3 Å². The van der Waals surface area contributed by atoms with Crippen LogP contribution in [0.15, 0.2) is 42.1 Å². The van der Waals surface area contributed by atoms with Crippen molar-refractivity contribution < 1.29 is 4.74 Å². The predicted molar refractivity (Wildman–Crippen MR) is 94.1 cm³/mol. The van der Waals surface area contributed by atoms with E-state index in [-0.39, 0.29) is 11.1 Å². The number of nitrogens with zero attached hydrogens (tertiary/aromatic N) is 1. The average Bonchev–Trinajstić information content (AvgIpc) is 2.96. The average molecular weight is 311 g/mol. The summed E-state index contributed by atoms with van der Waals surface area (Å²) in [5.74, 6) is 1.08. The largest absolute Gasteiger partial charge is 0.353 e. The van der Waals surface area contributed by atoms with E-state index in [2.05, 4.69) is 62.1 Å².